The van der Waals surface area contributed by atoms with Gasteiger partial charge in [-0.3, -0.25) is 0 Å². The predicted octanol–water partition coefficient (Wildman–Crippen LogP) is 3.35. The summed E-state index contributed by atoms with van der Waals surface area (Å²) in [6.45, 7) is 9.08. The SMILES string of the molecule is CCCCOC(=O)C(=O)OCCCC.CCCCOC(=O)C(=O)OCCCC. The smallest absolute Gasteiger partial charge is 0.417 e. The molecule has 0 saturated carbocycles. The van der Waals surface area contributed by atoms with Gasteiger partial charge in [-0.1, -0.05) is 53.4 Å². The van der Waals surface area contributed by atoms with Crippen LogP contribution in [0.3, 0.4) is 0 Å². The molecule has 0 fully saturated rings. The molecule has 8 nitrogen and oxygen atoms in total. The second-order valence-corrected chi connectivity index (χ2v) is 5.96. The lowest BCUT2D eigenvalue weighted by molar-refractivity contribution is -0.167. The molecule has 0 N–H and O–H groups in total. The average Bonchev–Trinajstić information content (AvgIpc) is 2.68. The molecular weight excluding hydrogens is 368 g/mol. The van der Waals surface area contributed by atoms with Crippen molar-refractivity contribution in [1.29, 1.82) is 0 Å². The Kier molecular flexibility index (Phi) is 21.3. The molecule has 0 unspecified atom stereocenters. The van der Waals surface area contributed by atoms with Crippen molar-refractivity contribution in [3.05, 3.63) is 0 Å². The van der Waals surface area contributed by atoms with Gasteiger partial charge >= 0.3 is 23.9 Å². The monoisotopic (exact) mass is 404 g/mol. The Morgan fingerprint density at radius 2 is 0.607 bits per heavy atom. The molecule has 8 heteroatoms. The third-order valence-electron chi connectivity index (χ3n) is 3.26. The Morgan fingerprint density at radius 1 is 0.429 bits per heavy atom. The first kappa shape index (κ1) is 28.1. The van der Waals surface area contributed by atoms with Crippen LogP contribution >= 0.6 is 0 Å². The van der Waals surface area contributed by atoms with E-state index in [2.05, 4.69) is 18.9 Å². The molecule has 0 spiro atoms. The molecule has 0 aliphatic carbocycles. The van der Waals surface area contributed by atoms with Crippen molar-refractivity contribution in [3.63, 3.8) is 0 Å². The Labute approximate surface area is 168 Å². The first-order chi connectivity index (χ1) is 13.4. The van der Waals surface area contributed by atoms with Gasteiger partial charge in [0.2, 0.25) is 0 Å². The maximum absolute atomic E-state index is 10.9. The highest BCUT2D eigenvalue weighted by Gasteiger charge is 2.16. The highest BCUT2D eigenvalue weighted by molar-refractivity contribution is 6.30. The van der Waals surface area contributed by atoms with Crippen LogP contribution in [0.4, 0.5) is 0 Å². The predicted molar refractivity (Wildman–Crippen MR) is 103 cm³/mol. The summed E-state index contributed by atoms with van der Waals surface area (Å²) in [6, 6.07) is 0. The molecule has 0 radical (unpaired) electrons. The van der Waals surface area contributed by atoms with E-state index in [1.54, 1.807) is 0 Å². The Balaban J connectivity index is 0. The van der Waals surface area contributed by atoms with Crippen molar-refractivity contribution >= 4 is 23.9 Å². The molecule has 0 aliphatic rings. The van der Waals surface area contributed by atoms with Crippen molar-refractivity contribution < 1.29 is 38.1 Å². The summed E-state index contributed by atoms with van der Waals surface area (Å²) in [6.07, 6.45) is 6.80. The molecule has 28 heavy (non-hydrogen) atoms. The van der Waals surface area contributed by atoms with Gasteiger partial charge in [0.05, 0.1) is 26.4 Å². The largest absolute Gasteiger partial charge is 0.457 e. The number of carbonyl (C=O) groups excluding carboxylic acids is 4. The second kappa shape index (κ2) is 21.2. The summed E-state index contributed by atoms with van der Waals surface area (Å²) < 4.78 is 18.6. The molecule has 0 saturated heterocycles. The van der Waals surface area contributed by atoms with E-state index in [1.165, 1.54) is 0 Å². The van der Waals surface area contributed by atoms with Crippen LogP contribution in [0.2, 0.25) is 0 Å². The van der Waals surface area contributed by atoms with Crippen LogP contribution in [-0.2, 0) is 38.1 Å². The van der Waals surface area contributed by atoms with Crippen LogP contribution in [-0.4, -0.2) is 50.3 Å². The van der Waals surface area contributed by atoms with Crippen molar-refractivity contribution in [2.75, 3.05) is 26.4 Å². The number of esters is 4. The van der Waals surface area contributed by atoms with Gasteiger partial charge in [0, 0.05) is 0 Å². The standard InChI is InChI=1S/2C10H18O4/c2*1-3-5-7-13-9(11)10(12)14-8-6-4-2/h2*3-8H2,1-2H3. The van der Waals surface area contributed by atoms with Crippen LogP contribution in [0.5, 0.6) is 0 Å². The van der Waals surface area contributed by atoms with Gasteiger partial charge in [0.25, 0.3) is 0 Å². The molecule has 0 aromatic carbocycles. The first-order valence-electron chi connectivity index (χ1n) is 10.1. The third kappa shape index (κ3) is 18.7. The molecule has 0 amide bonds. The zero-order valence-electron chi connectivity index (χ0n) is 17.8. The van der Waals surface area contributed by atoms with Crippen LogP contribution in [0.1, 0.15) is 79.1 Å². The summed E-state index contributed by atoms with van der Waals surface area (Å²) in [5.74, 6) is -3.52. The van der Waals surface area contributed by atoms with Gasteiger partial charge < -0.3 is 18.9 Å². The fraction of sp³-hybridized carbons (Fsp3) is 0.800. The molecule has 0 atom stereocenters. The number of ether oxygens (including phenoxy) is 4. The quantitative estimate of drug-likeness (QED) is 0.211. The van der Waals surface area contributed by atoms with E-state index in [9.17, 15) is 19.2 Å². The highest BCUT2D eigenvalue weighted by atomic mass is 16.6. The zero-order valence-corrected chi connectivity index (χ0v) is 17.8. The highest BCUT2D eigenvalue weighted by Crippen LogP contribution is 1.94. The Bertz CT molecular complexity index is 354. The summed E-state index contributed by atoms with van der Waals surface area (Å²) in [4.78, 5) is 43.7. The molecular formula is C20H36O8. The molecule has 0 aliphatic heterocycles. The summed E-state index contributed by atoms with van der Waals surface area (Å²) in [5.41, 5.74) is 0. The molecule has 0 heterocycles. The minimum absolute atomic E-state index is 0.290. The van der Waals surface area contributed by atoms with E-state index < -0.39 is 23.9 Å². The molecule has 0 aromatic heterocycles. The summed E-state index contributed by atoms with van der Waals surface area (Å²) >= 11 is 0. The second-order valence-electron chi connectivity index (χ2n) is 5.96. The summed E-state index contributed by atoms with van der Waals surface area (Å²) in [5, 5.41) is 0. The lowest BCUT2D eigenvalue weighted by Crippen LogP contribution is -2.21. The van der Waals surface area contributed by atoms with E-state index in [1.807, 2.05) is 27.7 Å². The number of rotatable bonds is 12. The molecule has 0 rings (SSSR count). The third-order valence-corrected chi connectivity index (χ3v) is 3.26. The summed E-state index contributed by atoms with van der Waals surface area (Å²) in [7, 11) is 0. The van der Waals surface area contributed by atoms with Crippen LogP contribution in [0.25, 0.3) is 0 Å². The van der Waals surface area contributed by atoms with Crippen LogP contribution in [0, 0.1) is 0 Å². The zero-order chi connectivity index (χ0) is 21.6. The molecule has 164 valence electrons. The van der Waals surface area contributed by atoms with Crippen LogP contribution in [0.15, 0.2) is 0 Å². The maximum atomic E-state index is 10.9. The number of unbranched alkanes of at least 4 members (excludes halogenated alkanes) is 4. The van der Waals surface area contributed by atoms with E-state index in [0.29, 0.717) is 0 Å². The average molecular weight is 405 g/mol. The maximum Gasteiger partial charge on any atom is 0.417 e. The van der Waals surface area contributed by atoms with Crippen LogP contribution < -0.4 is 0 Å². The molecule has 0 aromatic rings. The minimum atomic E-state index is -0.880. The van der Waals surface area contributed by atoms with E-state index in [0.717, 1.165) is 51.4 Å². The van der Waals surface area contributed by atoms with E-state index in [-0.39, 0.29) is 26.4 Å². The lowest BCUT2D eigenvalue weighted by atomic mass is 10.4. The van der Waals surface area contributed by atoms with E-state index >= 15 is 0 Å². The minimum Gasteiger partial charge on any atom is -0.457 e. The number of hydrogen-bond acceptors (Lipinski definition) is 8. The lowest BCUT2D eigenvalue weighted by Gasteiger charge is -2.03. The van der Waals surface area contributed by atoms with Crippen molar-refractivity contribution in [2.45, 2.75) is 79.1 Å². The fourth-order valence-electron chi connectivity index (χ4n) is 1.47. The van der Waals surface area contributed by atoms with Gasteiger partial charge in [0.1, 0.15) is 0 Å². The number of carbonyl (C=O) groups is 4. The van der Waals surface area contributed by atoms with Gasteiger partial charge in [-0.15, -0.1) is 0 Å². The van der Waals surface area contributed by atoms with Gasteiger partial charge in [-0.25, -0.2) is 19.2 Å². The topological polar surface area (TPSA) is 105 Å². The van der Waals surface area contributed by atoms with Gasteiger partial charge in [-0.2, -0.15) is 0 Å². The first-order valence-corrected chi connectivity index (χ1v) is 10.1. The van der Waals surface area contributed by atoms with Crippen molar-refractivity contribution in [2.24, 2.45) is 0 Å². The molecule has 0 bridgehead atoms. The van der Waals surface area contributed by atoms with Crippen molar-refractivity contribution in [1.82, 2.24) is 0 Å². The van der Waals surface area contributed by atoms with Crippen molar-refractivity contribution in [3.8, 4) is 0 Å². The van der Waals surface area contributed by atoms with E-state index in [4.69, 9.17) is 0 Å². The Morgan fingerprint density at radius 3 is 0.750 bits per heavy atom. The fourth-order valence-corrected chi connectivity index (χ4v) is 1.47. The Hall–Kier alpha value is -2.12. The normalized spacial score (nSPS) is 9.57. The van der Waals surface area contributed by atoms with Gasteiger partial charge in [-0.05, 0) is 25.7 Å². The van der Waals surface area contributed by atoms with Gasteiger partial charge in [0.15, 0.2) is 0 Å². The number of hydrogen-bond donors (Lipinski definition) is 0.